The largest absolute Gasteiger partial charge is 0.744 e. The van der Waals surface area contributed by atoms with Crippen molar-refractivity contribution in [2.45, 2.75) is 29.6 Å². The highest BCUT2D eigenvalue weighted by molar-refractivity contribution is 7.89. The van der Waals surface area contributed by atoms with E-state index in [1.54, 1.807) is 47.2 Å². The molecule has 1 heterocycles. The van der Waals surface area contributed by atoms with Gasteiger partial charge in [0, 0.05) is 42.8 Å². The Morgan fingerprint density at radius 3 is 1.67 bits per heavy atom. The van der Waals surface area contributed by atoms with Crippen molar-refractivity contribution in [1.29, 1.82) is 0 Å². The Balaban J connectivity index is 1.57. The van der Waals surface area contributed by atoms with Crippen molar-refractivity contribution in [2.75, 3.05) is 6.54 Å². The van der Waals surface area contributed by atoms with Crippen LogP contribution >= 0.6 is 0 Å². The minimum absolute atomic E-state index is 0.131. The third-order valence-electron chi connectivity index (χ3n) is 7.43. The van der Waals surface area contributed by atoms with Gasteiger partial charge in [0.15, 0.2) is 12.4 Å². The molecule has 11 nitrogen and oxygen atoms in total. The lowest BCUT2D eigenvalue weighted by molar-refractivity contribution is -0.434. The van der Waals surface area contributed by atoms with Gasteiger partial charge in [-0.3, -0.25) is 0 Å². The first-order chi connectivity index (χ1) is 21.6. The topological polar surface area (TPSA) is 178 Å². The summed E-state index contributed by atoms with van der Waals surface area (Å²) in [5, 5.41) is 0. The molecule has 0 spiro atoms. The highest BCUT2D eigenvalue weighted by atomic mass is 32.2. The van der Waals surface area contributed by atoms with Crippen LogP contribution in [0.1, 0.15) is 30.9 Å². The van der Waals surface area contributed by atoms with Crippen LogP contribution in [0.4, 0.5) is 11.4 Å². The van der Waals surface area contributed by atoms with Crippen molar-refractivity contribution < 1.29 is 48.1 Å². The maximum absolute atomic E-state index is 11.6. The van der Waals surface area contributed by atoms with E-state index in [2.05, 4.69) is 0 Å². The Morgan fingerprint density at radius 1 is 0.696 bits per heavy atom. The van der Waals surface area contributed by atoms with Crippen molar-refractivity contribution >= 4 is 59.2 Å². The fourth-order valence-corrected chi connectivity index (χ4v) is 6.74. The first-order valence-corrected chi connectivity index (χ1v) is 18.1. The molecule has 3 aromatic rings. The summed E-state index contributed by atoms with van der Waals surface area (Å²) in [6.07, 6.45) is 11.0. The van der Waals surface area contributed by atoms with Gasteiger partial charge in [0.05, 0.1) is 14.7 Å². The molecule has 0 saturated carbocycles. The Morgan fingerprint density at radius 2 is 1.20 bits per heavy atom. The average Bonchev–Trinajstić information content (AvgIpc) is 3.02. The van der Waals surface area contributed by atoms with Crippen LogP contribution in [0.15, 0.2) is 124 Å². The molecule has 0 bridgehead atoms. The third-order valence-corrected chi connectivity index (χ3v) is 10.1. The van der Waals surface area contributed by atoms with Crippen molar-refractivity contribution in [3.8, 4) is 0 Å². The summed E-state index contributed by atoms with van der Waals surface area (Å²) in [4.78, 5) is -0.895. The maximum Gasteiger partial charge on any atom is 0.210 e. The van der Waals surface area contributed by atoms with Crippen molar-refractivity contribution in [3.63, 3.8) is 0 Å². The van der Waals surface area contributed by atoms with Crippen LogP contribution in [0, 0.1) is 0 Å². The molecule has 238 valence electrons. The molecule has 46 heavy (non-hydrogen) atoms. The predicted octanol–water partition coefficient (Wildman–Crippen LogP) is 4.12. The van der Waals surface area contributed by atoms with Crippen molar-refractivity contribution in [1.82, 2.24) is 0 Å². The minimum Gasteiger partial charge on any atom is -0.744 e. The summed E-state index contributed by atoms with van der Waals surface area (Å²) in [7, 11) is -13.8. The molecule has 0 atom stereocenters. The van der Waals surface area contributed by atoms with E-state index in [1.807, 2.05) is 47.9 Å². The summed E-state index contributed by atoms with van der Waals surface area (Å²) in [6.45, 7) is 2.45. The van der Waals surface area contributed by atoms with Crippen LogP contribution in [0.25, 0.3) is 5.57 Å². The fraction of sp³-hybridized carbons (Fsp3) is 0.125. The van der Waals surface area contributed by atoms with Crippen LogP contribution in [0.5, 0.6) is 0 Å². The van der Waals surface area contributed by atoms with E-state index in [-0.39, 0.29) is 21.1 Å². The normalized spacial score (nSPS) is 15.4. The second-order valence-electron chi connectivity index (χ2n) is 10.3. The van der Waals surface area contributed by atoms with Gasteiger partial charge in [0.2, 0.25) is 17.1 Å². The first-order valence-electron chi connectivity index (χ1n) is 13.9. The number of allylic oxidation sites excluding steroid dienone is 6. The molecule has 5 rings (SSSR count). The lowest BCUT2D eigenvalue weighted by Gasteiger charge is -2.16. The number of benzene rings is 3. The van der Waals surface area contributed by atoms with Gasteiger partial charge in [-0.25, -0.2) is 25.3 Å². The zero-order valence-corrected chi connectivity index (χ0v) is 26.8. The third kappa shape index (κ3) is 7.39. The maximum atomic E-state index is 11.6. The zero-order chi connectivity index (χ0) is 33.3. The molecule has 0 amide bonds. The van der Waals surface area contributed by atoms with E-state index in [1.165, 1.54) is 30.5 Å². The van der Waals surface area contributed by atoms with E-state index in [0.717, 1.165) is 16.8 Å². The molecule has 0 saturated heterocycles. The fourth-order valence-electron chi connectivity index (χ4n) is 5.19. The molecule has 0 aromatic heterocycles. The molecule has 1 aliphatic heterocycles. The van der Waals surface area contributed by atoms with Crippen molar-refractivity contribution in [2.24, 2.45) is 0 Å². The molecular formula is C32H27N2O9S3-. The van der Waals surface area contributed by atoms with Crippen LogP contribution in [0.2, 0.25) is 0 Å². The summed E-state index contributed by atoms with van der Waals surface area (Å²) in [6, 6.07) is 18.3. The van der Waals surface area contributed by atoms with Gasteiger partial charge in [-0.05, 0) is 84.2 Å². The van der Waals surface area contributed by atoms with Gasteiger partial charge in [0.1, 0.15) is 36.9 Å². The van der Waals surface area contributed by atoms with Gasteiger partial charge >= 0.3 is 0 Å². The Kier molecular flexibility index (Phi) is 9.22. The molecule has 1 aliphatic carbocycles. The lowest BCUT2D eigenvalue weighted by Crippen LogP contribution is -2.15. The molecule has 14 heteroatoms. The Labute approximate surface area is 267 Å². The van der Waals surface area contributed by atoms with Gasteiger partial charge in [0.25, 0.3) is 0 Å². The second kappa shape index (κ2) is 12.8. The highest BCUT2D eigenvalue weighted by Crippen LogP contribution is 2.32. The molecule has 0 unspecified atom stereocenters. The van der Waals surface area contributed by atoms with E-state index in [9.17, 15) is 38.9 Å². The smallest absolute Gasteiger partial charge is 0.210 e. The number of hydrogen-bond acceptors (Lipinski definition) is 9. The summed E-state index contributed by atoms with van der Waals surface area (Å²) < 4.78 is 107. The first kappa shape index (κ1) is 33.1. The van der Waals surface area contributed by atoms with Gasteiger partial charge in [-0.1, -0.05) is 12.1 Å². The number of hydrogen-bond donors (Lipinski definition) is 0. The van der Waals surface area contributed by atoms with Crippen LogP contribution in [0.3, 0.4) is 0 Å². The second-order valence-corrected chi connectivity index (χ2v) is 14.5. The zero-order valence-electron chi connectivity index (χ0n) is 24.3. The van der Waals surface area contributed by atoms with E-state index < -0.39 is 30.4 Å². The van der Waals surface area contributed by atoms with E-state index in [0.29, 0.717) is 35.5 Å². The SMILES string of the molecule is CC[N+](=C1C=CC(=C(c2ccc([N+]3=CCCC(S(=O)(=O)[O-])=C3)cc2)c2ccc(S(=O)(=O)[O-])cc2)C=C1)c1ccc(S(=O)(=O)[O-])cc1. The molecule has 0 fully saturated rings. The van der Waals surface area contributed by atoms with Gasteiger partial charge in [-0.2, -0.15) is 9.15 Å². The van der Waals surface area contributed by atoms with E-state index in [4.69, 9.17) is 0 Å². The van der Waals surface area contributed by atoms with Crippen LogP contribution in [-0.4, -0.2) is 66.5 Å². The Hall–Kier alpha value is -4.31. The Bertz CT molecular complexity index is 2190. The minimum atomic E-state index is -4.66. The molecule has 0 N–H and O–H groups in total. The van der Waals surface area contributed by atoms with Gasteiger partial charge in [-0.15, -0.1) is 0 Å². The number of nitrogens with zero attached hydrogens (tertiary/aromatic N) is 2. The average molecular weight is 680 g/mol. The molecular weight excluding hydrogens is 653 g/mol. The van der Waals surface area contributed by atoms with Crippen LogP contribution in [-0.2, 0) is 30.4 Å². The monoisotopic (exact) mass is 679 g/mol. The highest BCUT2D eigenvalue weighted by Gasteiger charge is 2.21. The lowest BCUT2D eigenvalue weighted by atomic mass is 9.90. The predicted molar refractivity (Wildman–Crippen MR) is 168 cm³/mol. The van der Waals surface area contributed by atoms with E-state index >= 15 is 0 Å². The number of rotatable bonds is 8. The molecule has 2 aliphatic rings. The summed E-state index contributed by atoms with van der Waals surface area (Å²) in [5.74, 6) is 0. The standard InChI is InChI=1S/C32H28N2O9S3/c1-2-34(28-15-19-30(20-16-28)45(38,39)40)27-13-7-24(8-14-27)32(25-9-17-29(18-10-25)44(35,36)37)23-5-11-26(12-6-23)33-21-3-4-31(22-33)46(41,42)43/h5-22H,2-4H2,1H3,(H-2,35,36,37,38,39,40,41,42,43)/p-1. The summed E-state index contributed by atoms with van der Waals surface area (Å²) in [5.41, 5.74) is 4.90. The van der Waals surface area contributed by atoms with Crippen LogP contribution < -0.4 is 0 Å². The quantitative estimate of drug-likeness (QED) is 0.250. The molecule has 0 radical (unpaired) electrons. The van der Waals surface area contributed by atoms with Crippen molar-refractivity contribution in [3.05, 3.63) is 125 Å². The molecule has 3 aromatic carbocycles. The van der Waals surface area contributed by atoms with Gasteiger partial charge < -0.3 is 13.7 Å². The summed E-state index contributed by atoms with van der Waals surface area (Å²) >= 11 is 0.